The van der Waals surface area contributed by atoms with E-state index in [2.05, 4.69) is 11.7 Å². The van der Waals surface area contributed by atoms with E-state index in [1.807, 2.05) is 22.6 Å². The van der Waals surface area contributed by atoms with Gasteiger partial charge in [0.15, 0.2) is 0 Å². The molecule has 0 aliphatic heterocycles. The quantitative estimate of drug-likeness (QED) is 0.228. The van der Waals surface area contributed by atoms with Gasteiger partial charge in [0, 0.05) is 9.84 Å². The number of carbonyl (C=O) groups is 1. The predicted octanol–water partition coefficient (Wildman–Crippen LogP) is 4.99. The van der Waals surface area contributed by atoms with Gasteiger partial charge in [-0.2, -0.15) is 8.78 Å². The standard InChI is InChI=1S/C14H25F2IO2/c1-4-5-6-7-8-9-10-12(17)11(2)14(15,16)13(18)19-3/h11-12H,4-10H2,1-3H3. The fourth-order valence-corrected chi connectivity index (χ4v) is 2.81. The van der Waals surface area contributed by atoms with Crippen LogP contribution in [0.1, 0.15) is 58.8 Å². The third kappa shape index (κ3) is 6.86. The summed E-state index contributed by atoms with van der Waals surface area (Å²) in [6, 6.07) is 0. The average Bonchev–Trinajstić information content (AvgIpc) is 2.40. The van der Waals surface area contributed by atoms with Crippen LogP contribution in [0.4, 0.5) is 8.78 Å². The maximum atomic E-state index is 13.7. The van der Waals surface area contributed by atoms with Crippen molar-refractivity contribution in [2.24, 2.45) is 5.92 Å². The lowest BCUT2D eigenvalue weighted by molar-refractivity contribution is -0.176. The maximum absolute atomic E-state index is 13.7. The first kappa shape index (κ1) is 19.1. The molecule has 2 nitrogen and oxygen atoms in total. The Kier molecular flexibility index (Phi) is 9.92. The van der Waals surface area contributed by atoms with Crippen molar-refractivity contribution in [3.63, 3.8) is 0 Å². The Bertz CT molecular complexity index is 260. The molecule has 0 aromatic heterocycles. The van der Waals surface area contributed by atoms with Crippen molar-refractivity contribution >= 4 is 28.6 Å². The second-order valence-corrected chi connectivity index (χ2v) is 6.58. The monoisotopic (exact) mass is 390 g/mol. The van der Waals surface area contributed by atoms with Crippen molar-refractivity contribution in [1.29, 1.82) is 0 Å². The third-order valence-corrected chi connectivity index (χ3v) is 5.11. The summed E-state index contributed by atoms with van der Waals surface area (Å²) in [7, 11) is 0.999. The topological polar surface area (TPSA) is 26.3 Å². The van der Waals surface area contributed by atoms with E-state index in [0.29, 0.717) is 0 Å². The molecular formula is C14H25F2IO2. The number of halogens is 3. The average molecular weight is 390 g/mol. The van der Waals surface area contributed by atoms with Gasteiger partial charge >= 0.3 is 11.9 Å². The molecule has 0 rings (SSSR count). The molecule has 2 unspecified atom stereocenters. The second-order valence-electron chi connectivity index (χ2n) is 4.98. The van der Waals surface area contributed by atoms with Crippen molar-refractivity contribution in [3.8, 4) is 0 Å². The van der Waals surface area contributed by atoms with Gasteiger partial charge in [-0.15, -0.1) is 0 Å². The Morgan fingerprint density at radius 3 is 2.26 bits per heavy atom. The number of alkyl halides is 3. The van der Waals surface area contributed by atoms with Gasteiger partial charge in [0.05, 0.1) is 7.11 Å². The van der Waals surface area contributed by atoms with Crippen molar-refractivity contribution in [3.05, 3.63) is 0 Å². The van der Waals surface area contributed by atoms with E-state index < -0.39 is 17.8 Å². The summed E-state index contributed by atoms with van der Waals surface area (Å²) >= 11 is 2.02. The van der Waals surface area contributed by atoms with E-state index in [1.54, 1.807) is 0 Å². The Balaban J connectivity index is 3.99. The van der Waals surface area contributed by atoms with E-state index in [9.17, 15) is 13.6 Å². The molecular weight excluding hydrogens is 365 g/mol. The highest BCUT2D eigenvalue weighted by Crippen LogP contribution is 2.34. The first-order valence-corrected chi connectivity index (χ1v) is 8.22. The lowest BCUT2D eigenvalue weighted by atomic mass is 9.95. The van der Waals surface area contributed by atoms with Crippen LogP contribution in [0.2, 0.25) is 0 Å². The van der Waals surface area contributed by atoms with E-state index >= 15 is 0 Å². The highest BCUT2D eigenvalue weighted by molar-refractivity contribution is 14.1. The highest BCUT2D eigenvalue weighted by Gasteiger charge is 2.48. The number of hydrogen-bond acceptors (Lipinski definition) is 2. The maximum Gasteiger partial charge on any atom is 0.377 e. The van der Waals surface area contributed by atoms with E-state index in [0.717, 1.165) is 26.4 Å². The Labute approximate surface area is 128 Å². The number of unbranched alkanes of at least 4 members (excludes halogenated alkanes) is 5. The van der Waals surface area contributed by atoms with Gasteiger partial charge in [0.25, 0.3) is 0 Å². The van der Waals surface area contributed by atoms with Crippen molar-refractivity contribution in [1.82, 2.24) is 0 Å². The second kappa shape index (κ2) is 9.88. The molecule has 0 fully saturated rings. The zero-order valence-corrected chi connectivity index (χ0v) is 14.2. The van der Waals surface area contributed by atoms with Gasteiger partial charge in [-0.25, -0.2) is 4.79 Å². The van der Waals surface area contributed by atoms with Crippen LogP contribution in [0.3, 0.4) is 0 Å². The summed E-state index contributed by atoms with van der Waals surface area (Å²) in [5.41, 5.74) is 0. The molecule has 0 bridgehead atoms. The SMILES string of the molecule is CCCCCCCCC(I)C(C)C(F)(F)C(=O)OC. The minimum atomic E-state index is -3.39. The van der Waals surface area contributed by atoms with Crippen LogP contribution in [0.5, 0.6) is 0 Å². The van der Waals surface area contributed by atoms with E-state index in [4.69, 9.17) is 0 Å². The molecule has 2 atom stereocenters. The molecule has 0 saturated heterocycles. The van der Waals surface area contributed by atoms with Gasteiger partial charge in [-0.1, -0.05) is 75.0 Å². The van der Waals surface area contributed by atoms with Crippen LogP contribution in [0, 0.1) is 5.92 Å². The number of carbonyl (C=O) groups excluding carboxylic acids is 1. The summed E-state index contributed by atoms with van der Waals surface area (Å²) in [4.78, 5) is 11.1. The molecule has 0 aliphatic rings. The van der Waals surface area contributed by atoms with Crippen molar-refractivity contribution in [2.75, 3.05) is 7.11 Å². The highest BCUT2D eigenvalue weighted by atomic mass is 127. The zero-order chi connectivity index (χ0) is 14.9. The molecule has 0 spiro atoms. The summed E-state index contributed by atoms with van der Waals surface area (Å²) in [5, 5.41) is 0. The van der Waals surface area contributed by atoms with E-state index in [1.165, 1.54) is 32.6 Å². The molecule has 0 N–H and O–H groups in total. The minimum absolute atomic E-state index is 0.210. The molecule has 0 amide bonds. The number of ether oxygens (including phenoxy) is 1. The molecule has 0 saturated carbocycles. The summed E-state index contributed by atoms with van der Waals surface area (Å²) in [6.45, 7) is 3.59. The lowest BCUT2D eigenvalue weighted by Crippen LogP contribution is -2.40. The van der Waals surface area contributed by atoms with Gasteiger partial charge in [-0.05, 0) is 6.42 Å². The fraction of sp³-hybridized carbons (Fsp3) is 0.929. The largest absolute Gasteiger partial charge is 0.465 e. The van der Waals surface area contributed by atoms with E-state index in [-0.39, 0.29) is 3.92 Å². The van der Waals surface area contributed by atoms with Crippen LogP contribution in [-0.4, -0.2) is 22.9 Å². The van der Waals surface area contributed by atoms with Gasteiger partial charge in [-0.3, -0.25) is 0 Å². The van der Waals surface area contributed by atoms with Crippen LogP contribution in [0.15, 0.2) is 0 Å². The van der Waals surface area contributed by atoms with Gasteiger partial charge in [0.2, 0.25) is 0 Å². The Morgan fingerprint density at radius 1 is 1.21 bits per heavy atom. The molecule has 0 aromatic rings. The first-order valence-electron chi connectivity index (χ1n) is 6.98. The molecule has 19 heavy (non-hydrogen) atoms. The summed E-state index contributed by atoms with van der Waals surface area (Å²) in [5.74, 6) is -5.80. The van der Waals surface area contributed by atoms with Gasteiger partial charge in [0.1, 0.15) is 0 Å². The number of rotatable bonds is 10. The van der Waals surface area contributed by atoms with Crippen LogP contribution < -0.4 is 0 Å². The van der Waals surface area contributed by atoms with Crippen LogP contribution in [-0.2, 0) is 9.53 Å². The number of hydrogen-bond donors (Lipinski definition) is 0. The summed E-state index contributed by atoms with van der Waals surface area (Å²) in [6.07, 6.45) is 7.58. The Hall–Kier alpha value is 0.0600. The van der Waals surface area contributed by atoms with Crippen LogP contribution >= 0.6 is 22.6 Å². The lowest BCUT2D eigenvalue weighted by Gasteiger charge is -2.25. The summed E-state index contributed by atoms with van der Waals surface area (Å²) < 4.78 is 31.3. The fourth-order valence-electron chi connectivity index (χ4n) is 1.92. The molecule has 0 radical (unpaired) electrons. The third-order valence-electron chi connectivity index (χ3n) is 3.41. The Morgan fingerprint density at radius 2 is 1.74 bits per heavy atom. The normalized spacial score (nSPS) is 15.1. The number of methoxy groups -OCH3 is 1. The molecule has 5 heteroatoms. The molecule has 0 heterocycles. The molecule has 0 aliphatic carbocycles. The number of esters is 1. The zero-order valence-electron chi connectivity index (χ0n) is 12.1. The van der Waals surface area contributed by atoms with Gasteiger partial charge < -0.3 is 4.74 Å². The minimum Gasteiger partial charge on any atom is -0.465 e. The smallest absolute Gasteiger partial charge is 0.377 e. The van der Waals surface area contributed by atoms with Crippen LogP contribution in [0.25, 0.3) is 0 Å². The predicted molar refractivity (Wildman–Crippen MR) is 81.9 cm³/mol. The molecule has 114 valence electrons. The van der Waals surface area contributed by atoms with Crippen molar-refractivity contribution < 1.29 is 18.3 Å². The van der Waals surface area contributed by atoms with Crippen molar-refractivity contribution in [2.45, 2.75) is 68.6 Å². The molecule has 0 aromatic carbocycles. The first-order chi connectivity index (χ1) is 8.87.